The molecule has 0 unspecified atom stereocenters. The fourth-order valence-electron chi connectivity index (χ4n) is 1.67. The van der Waals surface area contributed by atoms with Gasteiger partial charge in [0.2, 0.25) is 0 Å². The van der Waals surface area contributed by atoms with Gasteiger partial charge in [-0.3, -0.25) is 0 Å². The second-order valence-electron chi connectivity index (χ2n) is 4.55. The summed E-state index contributed by atoms with van der Waals surface area (Å²) in [5.74, 6) is 0.240. The van der Waals surface area contributed by atoms with Crippen LogP contribution >= 0.6 is 0 Å². The first kappa shape index (κ1) is 15.5. The number of aryl methyl sites for hydroxylation is 1. The summed E-state index contributed by atoms with van der Waals surface area (Å²) in [5, 5.41) is 0. The Labute approximate surface area is 124 Å². The van der Waals surface area contributed by atoms with E-state index in [4.69, 9.17) is 4.18 Å². The van der Waals surface area contributed by atoms with Crippen molar-refractivity contribution in [1.82, 2.24) is 0 Å². The van der Waals surface area contributed by atoms with Gasteiger partial charge in [0.1, 0.15) is 10.6 Å². The lowest BCUT2D eigenvalue weighted by Gasteiger charge is -2.09. The van der Waals surface area contributed by atoms with Gasteiger partial charge >= 0.3 is 10.1 Å². The molecule has 0 N–H and O–H groups in total. The van der Waals surface area contributed by atoms with Crippen molar-refractivity contribution in [3.8, 4) is 5.75 Å². The highest BCUT2D eigenvalue weighted by Crippen LogP contribution is 2.22. The van der Waals surface area contributed by atoms with Crippen LogP contribution in [0.2, 0.25) is 0 Å². The molecule has 0 heterocycles. The Morgan fingerprint density at radius 3 is 1.86 bits per heavy atom. The molecule has 0 bridgehead atoms. The van der Waals surface area contributed by atoms with Crippen molar-refractivity contribution in [3.05, 3.63) is 54.1 Å². The van der Waals surface area contributed by atoms with Crippen molar-refractivity contribution in [2.75, 3.05) is 6.26 Å². The predicted octanol–water partition coefficient (Wildman–Crippen LogP) is 2.17. The van der Waals surface area contributed by atoms with Crippen LogP contribution in [0.3, 0.4) is 0 Å². The smallest absolute Gasteiger partial charge is 0.339 e. The van der Waals surface area contributed by atoms with Gasteiger partial charge < -0.3 is 4.18 Å². The highest BCUT2D eigenvalue weighted by Gasteiger charge is 2.18. The first-order chi connectivity index (χ1) is 9.70. The standard InChI is InChI=1S/C14H14O5S2/c1-11-5-3-4-6-14(11)19-21(17,18)13-9-7-12(8-10-13)20(2,15)16/h3-10H,1-2H3. The monoisotopic (exact) mass is 326 g/mol. The molecule has 0 radical (unpaired) electrons. The van der Waals surface area contributed by atoms with Gasteiger partial charge in [0.15, 0.2) is 9.84 Å². The van der Waals surface area contributed by atoms with E-state index in [1.54, 1.807) is 31.2 Å². The lowest BCUT2D eigenvalue weighted by molar-refractivity contribution is 0.484. The van der Waals surface area contributed by atoms with Gasteiger partial charge in [0, 0.05) is 6.26 Å². The van der Waals surface area contributed by atoms with Crippen molar-refractivity contribution in [3.63, 3.8) is 0 Å². The van der Waals surface area contributed by atoms with Crippen molar-refractivity contribution in [1.29, 1.82) is 0 Å². The van der Waals surface area contributed by atoms with Crippen LogP contribution in [-0.2, 0) is 20.0 Å². The molecule has 2 rings (SSSR count). The van der Waals surface area contributed by atoms with Crippen LogP contribution in [0.15, 0.2) is 58.3 Å². The van der Waals surface area contributed by atoms with E-state index in [0.29, 0.717) is 5.56 Å². The summed E-state index contributed by atoms with van der Waals surface area (Å²) in [7, 11) is -7.36. The molecule has 0 fully saturated rings. The van der Waals surface area contributed by atoms with Crippen LogP contribution in [0.25, 0.3) is 0 Å². The summed E-state index contributed by atoms with van der Waals surface area (Å²) >= 11 is 0. The molecule has 0 aliphatic heterocycles. The molecule has 112 valence electrons. The summed E-state index contributed by atoms with van der Waals surface area (Å²) in [6.45, 7) is 1.73. The number of hydrogen-bond donors (Lipinski definition) is 0. The van der Waals surface area contributed by atoms with E-state index in [1.165, 1.54) is 24.3 Å². The second-order valence-corrected chi connectivity index (χ2v) is 8.11. The highest BCUT2D eigenvalue weighted by atomic mass is 32.2. The van der Waals surface area contributed by atoms with E-state index in [9.17, 15) is 16.8 Å². The molecule has 0 spiro atoms. The average Bonchev–Trinajstić information content (AvgIpc) is 2.40. The molecule has 7 heteroatoms. The minimum Gasteiger partial charge on any atom is -0.379 e. The van der Waals surface area contributed by atoms with Gasteiger partial charge in [-0.05, 0) is 42.8 Å². The molecule has 2 aromatic rings. The maximum Gasteiger partial charge on any atom is 0.339 e. The summed E-state index contributed by atoms with van der Waals surface area (Å²) in [4.78, 5) is -0.0458. The molecule has 0 aliphatic rings. The Hall–Kier alpha value is -1.86. The topological polar surface area (TPSA) is 77.5 Å². The first-order valence-corrected chi connectivity index (χ1v) is 9.30. The van der Waals surface area contributed by atoms with E-state index in [-0.39, 0.29) is 15.5 Å². The Balaban J connectivity index is 2.35. The maximum absolute atomic E-state index is 12.1. The van der Waals surface area contributed by atoms with E-state index in [2.05, 4.69) is 0 Å². The predicted molar refractivity (Wildman–Crippen MR) is 78.5 cm³/mol. The van der Waals surface area contributed by atoms with E-state index >= 15 is 0 Å². The van der Waals surface area contributed by atoms with Crippen molar-refractivity contribution >= 4 is 20.0 Å². The van der Waals surface area contributed by atoms with E-state index in [1.807, 2.05) is 0 Å². The fourth-order valence-corrected chi connectivity index (χ4v) is 3.29. The molecule has 0 aromatic heterocycles. The van der Waals surface area contributed by atoms with Crippen LogP contribution < -0.4 is 4.18 Å². The first-order valence-electron chi connectivity index (χ1n) is 6.00. The zero-order valence-corrected chi connectivity index (χ0v) is 13.1. The van der Waals surface area contributed by atoms with Gasteiger partial charge in [0.25, 0.3) is 0 Å². The SMILES string of the molecule is Cc1ccccc1OS(=O)(=O)c1ccc(S(C)(=O)=O)cc1. The molecule has 21 heavy (non-hydrogen) atoms. The number of benzene rings is 2. The van der Waals surface area contributed by atoms with Crippen molar-refractivity contribution < 1.29 is 21.0 Å². The van der Waals surface area contributed by atoms with Gasteiger partial charge in [-0.15, -0.1) is 0 Å². The van der Waals surface area contributed by atoms with E-state index < -0.39 is 20.0 Å². The Kier molecular flexibility index (Phi) is 4.06. The zero-order chi connectivity index (χ0) is 15.7. The molecule has 0 aliphatic carbocycles. The third-order valence-corrected chi connectivity index (χ3v) is 5.21. The Morgan fingerprint density at radius 2 is 1.33 bits per heavy atom. The lowest BCUT2D eigenvalue weighted by Crippen LogP contribution is -2.10. The molecule has 0 saturated carbocycles. The number of para-hydroxylation sites is 1. The molecule has 5 nitrogen and oxygen atoms in total. The van der Waals surface area contributed by atoms with Crippen LogP contribution in [0.4, 0.5) is 0 Å². The maximum atomic E-state index is 12.1. The molecule has 0 saturated heterocycles. The Bertz CT molecular complexity index is 850. The molecule has 0 amide bonds. The number of hydrogen-bond acceptors (Lipinski definition) is 5. The third-order valence-electron chi connectivity index (χ3n) is 2.83. The molecule has 2 aromatic carbocycles. The summed E-state index contributed by atoms with van der Waals surface area (Å²) < 4.78 is 52.1. The zero-order valence-electron chi connectivity index (χ0n) is 11.5. The quantitative estimate of drug-likeness (QED) is 0.805. The fraction of sp³-hybridized carbons (Fsp3) is 0.143. The second kappa shape index (κ2) is 5.50. The molecule has 0 atom stereocenters. The van der Waals surface area contributed by atoms with Gasteiger partial charge in [-0.2, -0.15) is 8.42 Å². The van der Waals surface area contributed by atoms with Crippen LogP contribution in [0, 0.1) is 6.92 Å². The number of sulfone groups is 1. The summed E-state index contributed by atoms with van der Waals surface area (Å²) in [5.41, 5.74) is 0.689. The molecular formula is C14H14O5S2. The van der Waals surface area contributed by atoms with Crippen LogP contribution in [-0.4, -0.2) is 23.1 Å². The van der Waals surface area contributed by atoms with Gasteiger partial charge in [0.05, 0.1) is 4.90 Å². The average molecular weight is 326 g/mol. The van der Waals surface area contributed by atoms with Crippen LogP contribution in [0.1, 0.15) is 5.56 Å². The normalized spacial score (nSPS) is 12.1. The minimum absolute atomic E-state index is 0.0531. The minimum atomic E-state index is -3.99. The van der Waals surface area contributed by atoms with Gasteiger partial charge in [-0.1, -0.05) is 18.2 Å². The van der Waals surface area contributed by atoms with E-state index in [0.717, 1.165) is 6.26 Å². The van der Waals surface area contributed by atoms with Gasteiger partial charge in [-0.25, -0.2) is 8.42 Å². The van der Waals surface area contributed by atoms with Crippen molar-refractivity contribution in [2.45, 2.75) is 16.7 Å². The lowest BCUT2D eigenvalue weighted by atomic mass is 10.2. The number of rotatable bonds is 4. The highest BCUT2D eigenvalue weighted by molar-refractivity contribution is 7.90. The molecular weight excluding hydrogens is 312 g/mol. The summed E-state index contributed by atoms with van der Waals surface area (Å²) in [6.07, 6.45) is 1.06. The van der Waals surface area contributed by atoms with Crippen molar-refractivity contribution in [2.24, 2.45) is 0 Å². The largest absolute Gasteiger partial charge is 0.379 e. The summed E-state index contributed by atoms with van der Waals surface area (Å²) in [6, 6.07) is 11.6. The van der Waals surface area contributed by atoms with Crippen LogP contribution in [0.5, 0.6) is 5.75 Å². The Morgan fingerprint density at radius 1 is 0.810 bits per heavy atom. The third kappa shape index (κ3) is 3.62.